The molecule has 0 aliphatic rings. The summed E-state index contributed by atoms with van der Waals surface area (Å²) in [6.07, 6.45) is 4.51. The van der Waals surface area contributed by atoms with Crippen LogP contribution in [0, 0.1) is 0 Å². The lowest BCUT2D eigenvalue weighted by molar-refractivity contribution is 0.789. The summed E-state index contributed by atoms with van der Waals surface area (Å²) in [6.45, 7) is 2.10. The topological polar surface area (TPSA) is 30.7 Å². The first-order chi connectivity index (χ1) is 6.81. The molecular weight excluding hydrogens is 242 g/mol. The molecule has 0 fully saturated rings. The molecule has 0 aliphatic heterocycles. The summed E-state index contributed by atoms with van der Waals surface area (Å²) in [5.41, 5.74) is 1.16. The monoisotopic (exact) mass is 251 g/mol. The molecule has 0 unspecified atom stereocenters. The molecule has 14 heavy (non-hydrogen) atoms. The maximum atomic E-state index is 4.26. The second-order valence-electron chi connectivity index (χ2n) is 2.92. The first-order valence-electron chi connectivity index (χ1n) is 4.46. The Morgan fingerprint density at radius 2 is 2.21 bits per heavy atom. The van der Waals surface area contributed by atoms with Crippen molar-refractivity contribution in [2.75, 3.05) is 0 Å². The van der Waals surface area contributed by atoms with Gasteiger partial charge in [-0.1, -0.05) is 22.9 Å². The van der Waals surface area contributed by atoms with Crippen molar-refractivity contribution in [3.05, 3.63) is 40.8 Å². The van der Waals surface area contributed by atoms with Gasteiger partial charge >= 0.3 is 0 Å². The molecule has 0 N–H and O–H groups in total. The lowest BCUT2D eigenvalue weighted by Gasteiger charge is -2.04. The van der Waals surface area contributed by atoms with E-state index in [2.05, 4.69) is 32.9 Å². The lowest BCUT2D eigenvalue weighted by Crippen LogP contribution is -2.02. The van der Waals surface area contributed by atoms with E-state index in [0.29, 0.717) is 0 Å². The van der Waals surface area contributed by atoms with Crippen molar-refractivity contribution in [2.24, 2.45) is 0 Å². The molecule has 0 amide bonds. The van der Waals surface area contributed by atoms with Crippen LogP contribution in [0.3, 0.4) is 0 Å². The van der Waals surface area contributed by atoms with Crippen molar-refractivity contribution < 1.29 is 0 Å². The van der Waals surface area contributed by atoms with Crippen LogP contribution in [0.25, 0.3) is 5.82 Å². The Balaban J connectivity index is 2.49. The van der Waals surface area contributed by atoms with E-state index in [1.54, 1.807) is 12.4 Å². The molecule has 0 aromatic carbocycles. The maximum absolute atomic E-state index is 4.26. The number of hydrogen-bond acceptors (Lipinski definition) is 2. The molecule has 0 aliphatic carbocycles. The zero-order valence-corrected chi connectivity index (χ0v) is 9.40. The molecule has 72 valence electrons. The Bertz CT molecular complexity index is 436. The van der Waals surface area contributed by atoms with Gasteiger partial charge in [-0.05, 0) is 24.6 Å². The summed E-state index contributed by atoms with van der Waals surface area (Å²) >= 11 is 3.41. The van der Waals surface area contributed by atoms with Crippen LogP contribution in [0.5, 0.6) is 0 Å². The number of halogens is 1. The fourth-order valence-corrected chi connectivity index (χ4v) is 1.64. The SMILES string of the molecule is CCc1ccnn1-c1cc(Br)ccn1. The minimum Gasteiger partial charge on any atom is -0.237 e. The summed E-state index contributed by atoms with van der Waals surface area (Å²) in [7, 11) is 0. The minimum atomic E-state index is 0.848. The van der Waals surface area contributed by atoms with E-state index in [4.69, 9.17) is 0 Å². The summed E-state index contributed by atoms with van der Waals surface area (Å²) in [5.74, 6) is 0.848. The van der Waals surface area contributed by atoms with Crippen LogP contribution < -0.4 is 0 Å². The van der Waals surface area contributed by atoms with E-state index < -0.39 is 0 Å². The van der Waals surface area contributed by atoms with Gasteiger partial charge in [0.1, 0.15) is 0 Å². The third-order valence-electron chi connectivity index (χ3n) is 2.01. The van der Waals surface area contributed by atoms with E-state index in [-0.39, 0.29) is 0 Å². The molecule has 2 rings (SSSR count). The first kappa shape index (κ1) is 9.40. The quantitative estimate of drug-likeness (QED) is 0.822. The average Bonchev–Trinajstić information content (AvgIpc) is 2.65. The Morgan fingerprint density at radius 1 is 1.36 bits per heavy atom. The molecule has 3 nitrogen and oxygen atoms in total. The van der Waals surface area contributed by atoms with Crippen molar-refractivity contribution in [3.63, 3.8) is 0 Å². The summed E-state index contributed by atoms with van der Waals surface area (Å²) in [5, 5.41) is 4.23. The average molecular weight is 252 g/mol. The second kappa shape index (κ2) is 3.92. The van der Waals surface area contributed by atoms with Gasteiger partial charge in [0, 0.05) is 22.6 Å². The molecule has 2 aromatic heterocycles. The lowest BCUT2D eigenvalue weighted by atomic mass is 10.3. The normalized spacial score (nSPS) is 10.4. The van der Waals surface area contributed by atoms with Gasteiger partial charge in [-0.25, -0.2) is 9.67 Å². The van der Waals surface area contributed by atoms with Crippen molar-refractivity contribution in [1.29, 1.82) is 0 Å². The maximum Gasteiger partial charge on any atom is 0.154 e. The van der Waals surface area contributed by atoms with Gasteiger partial charge in [0.2, 0.25) is 0 Å². The highest BCUT2D eigenvalue weighted by Crippen LogP contribution is 2.13. The molecular formula is C10H10BrN3. The van der Waals surface area contributed by atoms with Gasteiger partial charge in [0.25, 0.3) is 0 Å². The van der Waals surface area contributed by atoms with Crippen molar-refractivity contribution in [2.45, 2.75) is 13.3 Å². The largest absolute Gasteiger partial charge is 0.237 e. The van der Waals surface area contributed by atoms with Gasteiger partial charge in [-0.2, -0.15) is 5.10 Å². The van der Waals surface area contributed by atoms with Gasteiger partial charge in [-0.3, -0.25) is 0 Å². The Kier molecular flexibility index (Phi) is 2.63. The molecule has 0 atom stereocenters. The predicted octanol–water partition coefficient (Wildman–Crippen LogP) is 2.59. The number of aromatic nitrogens is 3. The zero-order chi connectivity index (χ0) is 9.97. The Hall–Kier alpha value is -1.16. The number of hydrogen-bond donors (Lipinski definition) is 0. The van der Waals surface area contributed by atoms with Crippen LogP contribution in [-0.4, -0.2) is 14.8 Å². The number of nitrogens with zero attached hydrogens (tertiary/aromatic N) is 3. The minimum absolute atomic E-state index is 0.848. The smallest absolute Gasteiger partial charge is 0.154 e. The first-order valence-corrected chi connectivity index (χ1v) is 5.25. The third kappa shape index (κ3) is 1.70. The summed E-state index contributed by atoms with van der Waals surface area (Å²) in [6, 6.07) is 5.85. The molecule has 2 heterocycles. The van der Waals surface area contributed by atoms with Crippen LogP contribution >= 0.6 is 15.9 Å². The number of aryl methyl sites for hydroxylation is 1. The van der Waals surface area contributed by atoms with Crippen LogP contribution in [0.4, 0.5) is 0 Å². The van der Waals surface area contributed by atoms with Crippen LogP contribution in [0.1, 0.15) is 12.6 Å². The predicted molar refractivity (Wildman–Crippen MR) is 58.4 cm³/mol. The summed E-state index contributed by atoms with van der Waals surface area (Å²) < 4.78 is 2.87. The van der Waals surface area contributed by atoms with Crippen molar-refractivity contribution in [3.8, 4) is 5.82 Å². The number of pyridine rings is 1. The van der Waals surface area contributed by atoms with Crippen LogP contribution in [0.2, 0.25) is 0 Å². The molecule has 2 aromatic rings. The standard InChI is InChI=1S/C10H10BrN3/c1-2-9-4-6-13-14(9)10-7-8(11)3-5-12-10/h3-7H,2H2,1H3. The molecule has 0 bridgehead atoms. The fourth-order valence-electron chi connectivity index (χ4n) is 1.31. The molecule has 0 radical (unpaired) electrons. The highest BCUT2D eigenvalue weighted by molar-refractivity contribution is 9.10. The van der Waals surface area contributed by atoms with Crippen molar-refractivity contribution >= 4 is 15.9 Å². The van der Waals surface area contributed by atoms with Gasteiger partial charge < -0.3 is 0 Å². The van der Waals surface area contributed by atoms with E-state index in [0.717, 1.165) is 22.4 Å². The van der Waals surface area contributed by atoms with E-state index in [9.17, 15) is 0 Å². The number of rotatable bonds is 2. The van der Waals surface area contributed by atoms with E-state index >= 15 is 0 Å². The third-order valence-corrected chi connectivity index (χ3v) is 2.50. The molecule has 4 heteroatoms. The molecule has 0 saturated heterocycles. The molecule has 0 spiro atoms. The van der Waals surface area contributed by atoms with Gasteiger partial charge in [0.15, 0.2) is 5.82 Å². The fraction of sp³-hybridized carbons (Fsp3) is 0.200. The van der Waals surface area contributed by atoms with Crippen molar-refractivity contribution in [1.82, 2.24) is 14.8 Å². The van der Waals surface area contributed by atoms with Gasteiger partial charge in [0.05, 0.1) is 0 Å². The Labute approximate surface area is 90.9 Å². The second-order valence-corrected chi connectivity index (χ2v) is 3.84. The highest BCUT2D eigenvalue weighted by Gasteiger charge is 2.03. The highest BCUT2D eigenvalue weighted by atomic mass is 79.9. The van der Waals surface area contributed by atoms with Crippen LogP contribution in [0.15, 0.2) is 35.1 Å². The van der Waals surface area contributed by atoms with Gasteiger partial charge in [-0.15, -0.1) is 0 Å². The zero-order valence-electron chi connectivity index (χ0n) is 7.81. The Morgan fingerprint density at radius 3 is 2.93 bits per heavy atom. The summed E-state index contributed by atoms with van der Waals surface area (Å²) in [4.78, 5) is 4.26. The molecule has 0 saturated carbocycles. The van der Waals surface area contributed by atoms with E-state index in [1.165, 1.54) is 0 Å². The van der Waals surface area contributed by atoms with Crippen LogP contribution in [-0.2, 0) is 6.42 Å². The van der Waals surface area contributed by atoms with E-state index in [1.807, 2.05) is 22.9 Å².